The molecule has 0 radical (unpaired) electrons. The molecule has 0 aromatic carbocycles. The molecule has 2 nitrogen and oxygen atoms in total. The molecule has 76 valence electrons. The highest BCUT2D eigenvalue weighted by Crippen LogP contribution is 2.53. The van der Waals surface area contributed by atoms with Crippen LogP contribution in [0.4, 0.5) is 0 Å². The van der Waals surface area contributed by atoms with Gasteiger partial charge in [0.15, 0.2) is 5.78 Å². The minimum absolute atomic E-state index is 0.00748. The summed E-state index contributed by atoms with van der Waals surface area (Å²) in [5, 5.41) is 0. The van der Waals surface area contributed by atoms with Crippen LogP contribution in [-0.2, 0) is 9.53 Å². The number of hydrogen-bond donors (Lipinski definition) is 0. The molecule has 2 heterocycles. The smallest absolute Gasteiger partial charge is 0.163 e. The fraction of sp³-hybridized carbons (Fsp3) is 0.727. The lowest BCUT2D eigenvalue weighted by molar-refractivity contribution is -0.160. The van der Waals surface area contributed by atoms with Gasteiger partial charge in [-0.25, -0.2) is 0 Å². The number of Topliss-reactive ketones (excluding diaryl/α,β-unsaturated/α-hetero) is 1. The summed E-state index contributed by atoms with van der Waals surface area (Å²) in [5.74, 6) is 0.210. The quantitative estimate of drug-likeness (QED) is 0.454. The highest BCUT2D eigenvalue weighted by Gasteiger charge is 2.63. The van der Waals surface area contributed by atoms with Crippen molar-refractivity contribution >= 4 is 17.4 Å². The van der Waals surface area contributed by atoms with Gasteiger partial charge in [-0.3, -0.25) is 4.79 Å². The summed E-state index contributed by atoms with van der Waals surface area (Å²) in [6, 6.07) is 0. The van der Waals surface area contributed by atoms with Gasteiger partial charge in [0.05, 0.1) is 6.10 Å². The number of rotatable bonds is 0. The van der Waals surface area contributed by atoms with Crippen LogP contribution < -0.4 is 0 Å². The summed E-state index contributed by atoms with van der Waals surface area (Å²) in [6.07, 6.45) is 6.69. The summed E-state index contributed by atoms with van der Waals surface area (Å²) in [6.45, 7) is 1.93. The van der Waals surface area contributed by atoms with Crippen LogP contribution in [0.25, 0.3) is 0 Å². The van der Waals surface area contributed by atoms with E-state index in [1.165, 1.54) is 0 Å². The number of carbonyl (C=O) groups excluding carboxylic acids is 1. The Hall–Kier alpha value is -0.340. The maximum Gasteiger partial charge on any atom is 0.163 e. The van der Waals surface area contributed by atoms with Crippen LogP contribution >= 0.6 is 11.6 Å². The molecule has 4 atom stereocenters. The maximum absolute atomic E-state index is 12.1. The van der Waals surface area contributed by atoms with Crippen molar-refractivity contribution in [1.82, 2.24) is 0 Å². The lowest BCUT2D eigenvalue weighted by atomic mass is 9.70. The van der Waals surface area contributed by atoms with Crippen molar-refractivity contribution in [2.24, 2.45) is 5.92 Å². The van der Waals surface area contributed by atoms with Crippen LogP contribution in [-0.4, -0.2) is 22.4 Å². The lowest BCUT2D eigenvalue weighted by Gasteiger charge is -2.49. The summed E-state index contributed by atoms with van der Waals surface area (Å²) < 4.78 is 5.86. The van der Waals surface area contributed by atoms with Gasteiger partial charge in [-0.1, -0.05) is 18.6 Å². The van der Waals surface area contributed by atoms with E-state index in [1.807, 2.05) is 19.1 Å². The van der Waals surface area contributed by atoms with Crippen LogP contribution in [0.2, 0.25) is 0 Å². The zero-order valence-corrected chi connectivity index (χ0v) is 8.88. The summed E-state index contributed by atoms with van der Waals surface area (Å²) in [5.41, 5.74) is -0.562. The Kier molecular flexibility index (Phi) is 1.54. The number of halogens is 1. The topological polar surface area (TPSA) is 26.3 Å². The van der Waals surface area contributed by atoms with Crippen molar-refractivity contribution in [2.45, 2.75) is 42.8 Å². The van der Waals surface area contributed by atoms with Crippen LogP contribution in [0.3, 0.4) is 0 Å². The number of fused-ring (bicyclic) bond motifs is 6. The fourth-order valence-electron chi connectivity index (χ4n) is 3.00. The van der Waals surface area contributed by atoms with E-state index < -0.39 is 10.5 Å². The number of ether oxygens (including phenoxy) is 1. The predicted molar refractivity (Wildman–Crippen MR) is 53.4 cm³/mol. The average molecular weight is 213 g/mol. The first kappa shape index (κ1) is 8.93. The Bertz CT molecular complexity index is 338. The second-order valence-electron chi connectivity index (χ2n) is 4.71. The third kappa shape index (κ3) is 0.801. The van der Waals surface area contributed by atoms with Crippen molar-refractivity contribution in [2.75, 3.05) is 0 Å². The molecule has 14 heavy (non-hydrogen) atoms. The third-order valence-electron chi connectivity index (χ3n) is 3.93. The number of hydrogen-bond acceptors (Lipinski definition) is 2. The SMILES string of the molecule is CC12C=CC(O1)C1CCCC2(Cl)C1=O. The predicted octanol–water partition coefficient (Wildman–Crippen LogP) is 2.06. The summed E-state index contributed by atoms with van der Waals surface area (Å²) >= 11 is 6.46. The molecule has 1 saturated heterocycles. The van der Waals surface area contributed by atoms with Gasteiger partial charge < -0.3 is 4.74 Å². The van der Waals surface area contributed by atoms with Crippen molar-refractivity contribution < 1.29 is 9.53 Å². The Balaban J connectivity index is 2.15. The maximum atomic E-state index is 12.1. The highest BCUT2D eigenvalue weighted by atomic mass is 35.5. The van der Waals surface area contributed by atoms with E-state index in [0.717, 1.165) is 19.3 Å². The van der Waals surface area contributed by atoms with Gasteiger partial charge in [-0.2, -0.15) is 0 Å². The molecule has 3 heteroatoms. The lowest BCUT2D eigenvalue weighted by Crippen LogP contribution is -2.62. The first-order chi connectivity index (χ1) is 6.57. The van der Waals surface area contributed by atoms with Gasteiger partial charge in [0.25, 0.3) is 0 Å². The summed E-state index contributed by atoms with van der Waals surface area (Å²) in [7, 11) is 0. The number of carbonyl (C=O) groups is 1. The van der Waals surface area contributed by atoms with E-state index in [4.69, 9.17) is 16.3 Å². The second-order valence-corrected chi connectivity index (χ2v) is 5.36. The molecular weight excluding hydrogens is 200 g/mol. The van der Waals surface area contributed by atoms with Crippen LogP contribution in [0.5, 0.6) is 0 Å². The van der Waals surface area contributed by atoms with Crippen LogP contribution in [0, 0.1) is 5.92 Å². The first-order valence-corrected chi connectivity index (χ1v) is 5.55. The minimum atomic E-state index is -0.792. The van der Waals surface area contributed by atoms with Crippen LogP contribution in [0.15, 0.2) is 12.2 Å². The van der Waals surface area contributed by atoms with Gasteiger partial charge in [-0.05, 0) is 19.8 Å². The van der Waals surface area contributed by atoms with Gasteiger partial charge in [0.1, 0.15) is 10.5 Å². The molecule has 4 unspecified atom stereocenters. The monoisotopic (exact) mass is 212 g/mol. The van der Waals surface area contributed by atoms with E-state index >= 15 is 0 Å². The van der Waals surface area contributed by atoms with E-state index in [2.05, 4.69) is 0 Å². The molecular formula is C11H13ClO2. The number of alkyl halides is 1. The second kappa shape index (κ2) is 2.42. The molecule has 0 N–H and O–H groups in total. The standard InChI is InChI=1S/C11H13ClO2/c1-10-6-4-8(14-10)7-3-2-5-11(10,12)9(7)13/h4,6-8H,2-3,5H2,1H3. The molecule has 2 aliphatic heterocycles. The Labute approximate surface area is 88.3 Å². The van der Waals surface area contributed by atoms with Gasteiger partial charge in [0.2, 0.25) is 0 Å². The Morgan fingerprint density at radius 1 is 1.64 bits per heavy atom. The molecule has 3 aliphatic rings. The molecule has 2 fully saturated rings. The molecule has 4 bridgehead atoms. The van der Waals surface area contributed by atoms with Crippen molar-refractivity contribution in [3.05, 3.63) is 12.2 Å². The third-order valence-corrected chi connectivity index (χ3v) is 4.68. The molecule has 0 aromatic rings. The normalized spacial score (nSPS) is 55.1. The summed E-state index contributed by atoms with van der Waals surface area (Å²) in [4.78, 5) is 11.4. The zero-order valence-electron chi connectivity index (χ0n) is 8.13. The molecule has 0 aromatic heterocycles. The molecule has 0 spiro atoms. The highest BCUT2D eigenvalue weighted by molar-refractivity contribution is 6.37. The average Bonchev–Trinajstić information content (AvgIpc) is 2.52. The number of ketones is 1. The van der Waals surface area contributed by atoms with E-state index in [9.17, 15) is 4.79 Å². The largest absolute Gasteiger partial charge is 0.361 e. The van der Waals surface area contributed by atoms with Gasteiger partial charge in [-0.15, -0.1) is 11.6 Å². The zero-order chi connectivity index (χ0) is 9.97. The van der Waals surface area contributed by atoms with E-state index in [0.29, 0.717) is 0 Å². The van der Waals surface area contributed by atoms with E-state index in [1.54, 1.807) is 0 Å². The van der Waals surface area contributed by atoms with Crippen molar-refractivity contribution in [1.29, 1.82) is 0 Å². The van der Waals surface area contributed by atoms with Crippen LogP contribution in [0.1, 0.15) is 26.2 Å². The Morgan fingerprint density at radius 2 is 2.43 bits per heavy atom. The Morgan fingerprint density at radius 3 is 3.21 bits per heavy atom. The van der Waals surface area contributed by atoms with Gasteiger partial charge in [0, 0.05) is 5.92 Å². The molecule has 1 aliphatic carbocycles. The molecule has 0 amide bonds. The molecule has 3 rings (SSSR count). The fourth-order valence-corrected chi connectivity index (χ4v) is 3.38. The van der Waals surface area contributed by atoms with Gasteiger partial charge >= 0.3 is 0 Å². The minimum Gasteiger partial charge on any atom is -0.361 e. The van der Waals surface area contributed by atoms with E-state index in [-0.39, 0.29) is 17.8 Å². The molecule has 1 saturated carbocycles. The van der Waals surface area contributed by atoms with Crippen molar-refractivity contribution in [3.8, 4) is 0 Å². The van der Waals surface area contributed by atoms with Crippen molar-refractivity contribution in [3.63, 3.8) is 0 Å². The first-order valence-electron chi connectivity index (χ1n) is 5.17.